The van der Waals surface area contributed by atoms with Gasteiger partial charge in [-0.2, -0.15) is 18.2 Å². The maximum Gasteiger partial charge on any atom is 0.268 e. The SMILES string of the molecule is [2H]c1c([2H])c([2H])c(-c2cc3c4c(c2)n(-c2[c-]c(Oc5[c-]c6c(cc5)c5ccccc5n6-c5cc(C(C)(C)C)ccn5)ccc2)[c-][n+]4-c2c(-c4ccc5oc6ccccc6c5c4)cccc2-c2c([2H])c([2H])c([2H])c([2H])c2-c2c([2H])c([2H])c([2H])c([2H])c2-3)c([2H])c1[2H].[Pt]. The molecule has 5 heterocycles. The second-order valence-corrected chi connectivity index (χ2v) is 19.8. The first kappa shape index (κ1) is 34.5. The molecule has 0 radical (unpaired) electrons. The van der Waals surface area contributed by atoms with Gasteiger partial charge in [-0.1, -0.05) is 172 Å². The Balaban J connectivity index is 0.00000707. The first-order chi connectivity index (χ1) is 42.7. The number of imidazole rings is 1. The third-order valence-corrected chi connectivity index (χ3v) is 14.3. The molecule has 10 aromatic carbocycles. The van der Waals surface area contributed by atoms with Crippen LogP contribution in [0.25, 0.3) is 128 Å². The van der Waals surface area contributed by atoms with E-state index in [1.54, 1.807) is 45.5 Å². The molecule has 77 heavy (non-hydrogen) atoms. The van der Waals surface area contributed by atoms with Crippen molar-refractivity contribution >= 4 is 54.8 Å². The second-order valence-electron chi connectivity index (χ2n) is 19.8. The summed E-state index contributed by atoms with van der Waals surface area (Å²) in [7, 11) is 0. The summed E-state index contributed by atoms with van der Waals surface area (Å²) in [6, 6.07) is 42.2. The smallest absolute Gasteiger partial charge is 0.268 e. The maximum atomic E-state index is 9.91. The quantitative estimate of drug-likeness (QED) is 0.123. The number of furan rings is 1. The van der Waals surface area contributed by atoms with E-state index in [-0.39, 0.29) is 87.8 Å². The van der Waals surface area contributed by atoms with Gasteiger partial charge in [0.25, 0.3) is 6.33 Å². The molecule has 370 valence electrons. The molecule has 0 bridgehead atoms. The summed E-state index contributed by atoms with van der Waals surface area (Å²) in [6.45, 7) is 6.46. The number of ether oxygens (including phenoxy) is 1. The summed E-state index contributed by atoms with van der Waals surface area (Å²) in [5.41, 5.74) is 5.55. The average molecular weight is 1180 g/mol. The third kappa shape index (κ3) is 7.57. The second kappa shape index (κ2) is 18.0. The Kier molecular flexibility index (Phi) is 8.08. The van der Waals surface area contributed by atoms with E-state index in [9.17, 15) is 12.3 Å². The van der Waals surface area contributed by atoms with Gasteiger partial charge in [-0.25, -0.2) is 4.98 Å². The molecule has 0 unspecified atom stereocenters. The van der Waals surface area contributed by atoms with Crippen LogP contribution in [0.5, 0.6) is 11.5 Å². The Hall–Kier alpha value is -9.09. The number of benzene rings is 10. The Bertz CT molecular complexity index is 5450. The first-order valence-electron chi connectivity index (χ1n) is 31.2. The average Bonchev–Trinajstić information content (AvgIpc) is 1.70. The van der Waals surface area contributed by atoms with E-state index in [2.05, 4.69) is 55.9 Å². The zero-order valence-electron chi connectivity index (χ0n) is 54.3. The Labute approximate surface area is 478 Å². The summed E-state index contributed by atoms with van der Waals surface area (Å²) >= 11 is 0. The van der Waals surface area contributed by atoms with Crippen LogP contribution in [0.4, 0.5) is 0 Å². The number of hydrogen-bond acceptors (Lipinski definition) is 3. The summed E-state index contributed by atoms with van der Waals surface area (Å²) in [5, 5.41) is 3.55. The van der Waals surface area contributed by atoms with Gasteiger partial charge in [0.1, 0.15) is 17.0 Å². The number of pyridine rings is 1. The first-order valence-corrected chi connectivity index (χ1v) is 24.7. The molecule has 0 saturated heterocycles. The van der Waals surface area contributed by atoms with Crippen molar-refractivity contribution in [3.8, 4) is 84.3 Å². The van der Waals surface area contributed by atoms with Crippen molar-refractivity contribution in [2.45, 2.75) is 26.2 Å². The van der Waals surface area contributed by atoms with Crippen molar-refractivity contribution in [3.05, 3.63) is 248 Å². The van der Waals surface area contributed by atoms with Crippen molar-refractivity contribution in [2.75, 3.05) is 0 Å². The molecular formula is C70H46N4O2Pt-2. The molecule has 4 aromatic heterocycles. The van der Waals surface area contributed by atoms with Gasteiger partial charge in [-0.15, -0.1) is 29.7 Å². The molecule has 0 saturated carbocycles. The van der Waals surface area contributed by atoms with Gasteiger partial charge >= 0.3 is 0 Å². The number of fused-ring (bicyclic) bond motifs is 13. The maximum absolute atomic E-state index is 9.91. The number of nitrogens with zero attached hydrogens (tertiary/aromatic N) is 4. The van der Waals surface area contributed by atoms with Crippen molar-refractivity contribution in [2.24, 2.45) is 0 Å². The van der Waals surface area contributed by atoms with Crippen molar-refractivity contribution < 1.29 is 52.6 Å². The summed E-state index contributed by atoms with van der Waals surface area (Å²) in [5.74, 6) is 1.30. The Morgan fingerprint density at radius 3 is 2.03 bits per heavy atom. The van der Waals surface area contributed by atoms with Crippen LogP contribution < -0.4 is 9.30 Å². The van der Waals surface area contributed by atoms with Gasteiger partial charge in [-0.05, 0) is 120 Å². The van der Waals surface area contributed by atoms with E-state index in [0.717, 1.165) is 38.1 Å². The molecule has 0 amide bonds. The van der Waals surface area contributed by atoms with E-state index in [1.165, 1.54) is 6.07 Å². The van der Waals surface area contributed by atoms with E-state index in [0.29, 0.717) is 45.2 Å². The summed E-state index contributed by atoms with van der Waals surface area (Å²) in [4.78, 5) is 4.84. The topological polar surface area (TPSA) is 49.0 Å². The molecule has 6 nitrogen and oxygen atoms in total. The van der Waals surface area contributed by atoms with Gasteiger partial charge in [0.2, 0.25) is 0 Å². The minimum atomic E-state index is -0.674. The number of hydrogen-bond donors (Lipinski definition) is 0. The zero-order chi connectivity index (χ0) is 62.0. The fraction of sp³-hybridized carbons (Fsp3) is 0.0571. The van der Waals surface area contributed by atoms with Gasteiger partial charge in [0.15, 0.2) is 0 Å². The number of para-hydroxylation sites is 3. The van der Waals surface area contributed by atoms with Gasteiger partial charge < -0.3 is 18.3 Å². The van der Waals surface area contributed by atoms with Gasteiger partial charge in [0, 0.05) is 55.1 Å². The monoisotopic (exact) mass is 1180 g/mol. The number of aromatic nitrogens is 4. The minimum Gasteiger partial charge on any atom is -0.510 e. The predicted octanol–water partition coefficient (Wildman–Crippen LogP) is 17.4. The summed E-state index contributed by atoms with van der Waals surface area (Å²) in [6.07, 6.45) is 5.40. The van der Waals surface area contributed by atoms with Crippen LogP contribution in [-0.2, 0) is 26.5 Å². The molecule has 0 atom stereocenters. The van der Waals surface area contributed by atoms with E-state index >= 15 is 0 Å². The van der Waals surface area contributed by atoms with E-state index in [1.807, 2.05) is 91.1 Å². The van der Waals surface area contributed by atoms with Crippen LogP contribution in [0.2, 0.25) is 0 Å². The molecule has 7 heteroatoms. The molecule has 1 aliphatic heterocycles. The predicted molar refractivity (Wildman–Crippen MR) is 307 cm³/mol. The van der Waals surface area contributed by atoms with E-state index < -0.39 is 78.6 Å². The molecule has 0 fully saturated rings. The van der Waals surface area contributed by atoms with Crippen LogP contribution >= 0.6 is 0 Å². The zero-order valence-corrected chi connectivity index (χ0v) is 43.6. The van der Waals surface area contributed by atoms with Crippen LogP contribution in [0.1, 0.15) is 44.2 Å². The van der Waals surface area contributed by atoms with E-state index in [4.69, 9.17) is 19.6 Å². The molecule has 0 spiro atoms. The third-order valence-electron chi connectivity index (χ3n) is 14.3. The fourth-order valence-corrected chi connectivity index (χ4v) is 10.7. The largest absolute Gasteiger partial charge is 0.510 e. The normalized spacial score (nSPS) is 14.4. The van der Waals surface area contributed by atoms with Crippen LogP contribution in [0.3, 0.4) is 0 Å². The van der Waals surface area contributed by atoms with Crippen LogP contribution in [-0.4, -0.2) is 14.1 Å². The van der Waals surface area contributed by atoms with Crippen molar-refractivity contribution in [1.29, 1.82) is 0 Å². The van der Waals surface area contributed by atoms with Gasteiger partial charge in [-0.3, -0.25) is 4.57 Å². The molecule has 14 aromatic rings. The minimum absolute atomic E-state index is 0. The molecule has 0 aliphatic carbocycles. The van der Waals surface area contributed by atoms with Crippen molar-refractivity contribution in [1.82, 2.24) is 14.1 Å². The van der Waals surface area contributed by atoms with Gasteiger partial charge in [0.05, 0.1) is 34.5 Å². The Morgan fingerprint density at radius 2 is 1.22 bits per heavy atom. The fourth-order valence-electron chi connectivity index (χ4n) is 10.7. The standard InChI is InChI=1S/C70H46N4O2.Pt/c1-70(2,3)47-35-36-71-67(40-47)74-62-29-13-11-25-56(62)57-33-32-50(42-63(57)74)75-49-20-15-19-48(41-49)72-43-73-68-51(45-31-34-66-60(37-45)58-26-12-14-30-65(58)76-66)27-16-28-59(68)54-23-9-7-21-52(54)53-22-8-10-24-55(53)61-38-46(39-64(72)69(61)73)44-17-5-4-6-18-44;/h4-40H,1-3H3;/q-2;/i4D,5D,6D,7D,8D,9D,10D,17D,18D,21D,22D,23D,24D;. The molecule has 0 N–H and O–H groups in total. The molecule has 15 rings (SSSR count). The number of rotatable bonds is 6. The van der Waals surface area contributed by atoms with Crippen LogP contribution in [0.15, 0.2) is 229 Å². The Morgan fingerprint density at radius 1 is 0.532 bits per heavy atom. The van der Waals surface area contributed by atoms with Crippen LogP contribution in [0, 0.1) is 18.5 Å². The molecular weight excluding hydrogens is 1120 g/mol. The molecule has 1 aliphatic rings. The summed E-state index contributed by atoms with van der Waals surface area (Å²) < 4.78 is 139. The van der Waals surface area contributed by atoms with Crippen molar-refractivity contribution in [3.63, 3.8) is 0 Å².